The molecular weight excluding hydrogens is 782 g/mol. The van der Waals surface area contributed by atoms with E-state index in [2.05, 4.69) is 20.8 Å². The third kappa shape index (κ3) is 7.42. The first-order valence-electron chi connectivity index (χ1n) is 17.1. The lowest BCUT2D eigenvalue weighted by Gasteiger charge is -2.56. The molecule has 4 saturated heterocycles. The number of thioether (sulfide) groups is 1. The van der Waals surface area contributed by atoms with Gasteiger partial charge in [-0.3, -0.25) is 24.1 Å². The van der Waals surface area contributed by atoms with Crippen molar-refractivity contribution in [3.8, 4) is 11.5 Å². The van der Waals surface area contributed by atoms with Crippen LogP contribution in [0.5, 0.6) is 11.5 Å². The van der Waals surface area contributed by atoms with Crippen LogP contribution < -0.4 is 16.4 Å². The first kappa shape index (κ1) is 39.8. The van der Waals surface area contributed by atoms with Crippen molar-refractivity contribution >= 4 is 81.0 Å². The number of carbonyl (C=O) groups is 6. The van der Waals surface area contributed by atoms with Crippen molar-refractivity contribution in [3.63, 3.8) is 0 Å². The molecule has 0 spiro atoms. The molecule has 4 fully saturated rings. The zero-order valence-electron chi connectivity index (χ0n) is 29.8. The topological polar surface area (TPSA) is 271 Å². The minimum atomic E-state index is -1.80. The molecule has 0 aliphatic carbocycles. The molecule has 0 saturated carbocycles. The number of β-lactam (4-membered cyclic amide) rings is 1. The van der Waals surface area contributed by atoms with Gasteiger partial charge in [-0.15, -0.1) is 23.1 Å². The number of aliphatic carboxylic acids is 2. The SMILES string of the molecule is C[C@@H]1S[C@@H]2[C@H](NC(=O)/C(=N\OC(C)(C)C(=O)O)c3csc(N)n3)C(=O)N2C(C(=O)O)=C1C[N+]12CCC(CNC(=O)C(=O)c3ccc(O)c(O)c3Cl)(CC1)CC2. The first-order valence-corrected chi connectivity index (χ1v) is 19.3. The highest BCUT2D eigenvalue weighted by molar-refractivity contribution is 8.00. The summed E-state index contributed by atoms with van der Waals surface area (Å²) in [5.41, 5.74) is 3.49. The number of ketones is 1. The summed E-state index contributed by atoms with van der Waals surface area (Å²) in [7, 11) is 0. The number of phenolic OH excluding ortho intramolecular Hbond substituents is 2. The Kier molecular flexibility index (Phi) is 10.6. The van der Waals surface area contributed by atoms with Gasteiger partial charge in [0.25, 0.3) is 23.5 Å². The van der Waals surface area contributed by atoms with E-state index in [-0.39, 0.29) is 39.3 Å². The first-order chi connectivity index (χ1) is 25.8. The number of Topliss-reactive ketones (excluding diaryl/α,β-unsaturated/α-hetero) is 1. The van der Waals surface area contributed by atoms with E-state index in [1.807, 2.05) is 6.92 Å². The lowest BCUT2D eigenvalue weighted by atomic mass is 9.70. The predicted octanol–water partition coefficient (Wildman–Crippen LogP) is 1.50. The van der Waals surface area contributed by atoms with Gasteiger partial charge in [0.2, 0.25) is 5.60 Å². The second kappa shape index (κ2) is 14.6. The van der Waals surface area contributed by atoms with Gasteiger partial charge >= 0.3 is 11.9 Å². The number of carboxylic acids is 2. The minimum absolute atomic E-state index is 0.0000846. The maximum absolute atomic E-state index is 13.6. The van der Waals surface area contributed by atoms with Gasteiger partial charge in [-0.1, -0.05) is 16.8 Å². The summed E-state index contributed by atoms with van der Waals surface area (Å²) in [6, 6.07) is 1.11. The molecule has 5 aliphatic rings. The molecule has 0 unspecified atom stereocenters. The van der Waals surface area contributed by atoms with Crippen LogP contribution in [0.1, 0.15) is 56.1 Å². The number of quaternary nitrogens is 1. The fraction of sp³-hybridized carbons (Fsp3) is 0.471. The average Bonchev–Trinajstić information content (AvgIpc) is 3.58. The van der Waals surface area contributed by atoms with Gasteiger partial charge in [-0.05, 0) is 32.9 Å². The van der Waals surface area contributed by atoms with E-state index in [1.165, 1.54) is 35.9 Å². The highest BCUT2D eigenvalue weighted by Gasteiger charge is 2.58. The molecule has 2 bridgehead atoms. The fourth-order valence-corrected chi connectivity index (χ4v) is 9.50. The number of nitrogens with zero attached hydrogens (tertiary/aromatic N) is 4. The number of nitrogen functional groups attached to an aromatic ring is 1. The van der Waals surface area contributed by atoms with Crippen LogP contribution in [0.2, 0.25) is 5.02 Å². The number of aromatic nitrogens is 1. The number of nitrogens with one attached hydrogen (secondary N) is 2. The zero-order valence-corrected chi connectivity index (χ0v) is 32.2. The van der Waals surface area contributed by atoms with Crippen molar-refractivity contribution in [1.82, 2.24) is 20.5 Å². The second-order valence-corrected chi connectivity index (χ2v) is 17.4. The summed E-state index contributed by atoms with van der Waals surface area (Å²) < 4.78 is 0.587. The predicted molar refractivity (Wildman–Crippen MR) is 198 cm³/mol. The van der Waals surface area contributed by atoms with E-state index in [4.69, 9.17) is 22.2 Å². The van der Waals surface area contributed by atoms with Crippen LogP contribution in [-0.2, 0) is 28.8 Å². The molecule has 8 N–H and O–H groups in total. The number of benzene rings is 1. The van der Waals surface area contributed by atoms with Crippen LogP contribution in [0, 0.1) is 5.41 Å². The van der Waals surface area contributed by atoms with Gasteiger partial charge in [0, 0.05) is 47.4 Å². The van der Waals surface area contributed by atoms with Gasteiger partial charge in [0.15, 0.2) is 22.3 Å². The molecule has 3 amide bonds. The Labute approximate surface area is 326 Å². The van der Waals surface area contributed by atoms with Crippen LogP contribution in [0.25, 0.3) is 0 Å². The molecular formula is C34H39ClN7O11S2+. The number of carbonyl (C=O) groups excluding carboxylic acids is 4. The molecule has 18 nitrogen and oxygen atoms in total. The number of hydrogen-bond donors (Lipinski definition) is 7. The van der Waals surface area contributed by atoms with Crippen LogP contribution in [0.3, 0.4) is 0 Å². The van der Waals surface area contributed by atoms with E-state index in [0.29, 0.717) is 55.5 Å². The summed E-state index contributed by atoms with van der Waals surface area (Å²) in [5.74, 6) is -7.19. The zero-order chi connectivity index (χ0) is 40.2. The standard InChI is InChI=1S/C34H38ClN7O11S2/c1-15-17(12-42-9-6-34(7-10-42,8-11-42)14-37-27(47)24(44)16-4-5-19(43)25(45)20(16)35)23(30(49)50)41-28(48)22(29(41)55-15)39-26(46)21(18-13-54-32(36)38-18)40-53-33(2,3)31(51)52/h4-5,13,15,22,29H,6-12,14H2,1-3H3,(H7-,36,37,38,39,40,43,44,45,46,47,49,50,51,52)/p+1/t15-,22+,29+,34?,42?/m0/s1. The van der Waals surface area contributed by atoms with E-state index in [9.17, 15) is 49.2 Å². The monoisotopic (exact) mass is 820 g/mol. The van der Waals surface area contributed by atoms with Gasteiger partial charge in [0.1, 0.15) is 29.4 Å². The fourth-order valence-electron chi connectivity index (χ4n) is 7.26. The summed E-state index contributed by atoms with van der Waals surface area (Å²) in [4.78, 5) is 87.4. The van der Waals surface area contributed by atoms with Gasteiger partial charge < -0.3 is 46.1 Å². The summed E-state index contributed by atoms with van der Waals surface area (Å²) in [6.07, 6.45) is 2.09. The summed E-state index contributed by atoms with van der Waals surface area (Å²) in [6.45, 7) is 6.97. The Bertz CT molecular complexity index is 2040. The minimum Gasteiger partial charge on any atom is -0.504 e. The number of hydrogen-bond acceptors (Lipinski definition) is 14. The van der Waals surface area contributed by atoms with Crippen LogP contribution in [0.15, 0.2) is 33.9 Å². The van der Waals surface area contributed by atoms with E-state index in [1.54, 1.807) is 0 Å². The number of amides is 3. The number of fused-ring (bicyclic) bond motifs is 4. The Hall–Kier alpha value is -4.92. The number of anilines is 1. The van der Waals surface area contributed by atoms with Crippen LogP contribution in [0.4, 0.5) is 5.13 Å². The number of rotatable bonds is 13. The van der Waals surface area contributed by atoms with Crippen molar-refractivity contribution in [2.45, 2.75) is 62.3 Å². The molecule has 1 aromatic carbocycles. The lowest BCUT2D eigenvalue weighted by molar-refractivity contribution is -0.941. The number of thiazole rings is 1. The number of piperidine rings is 3. The Morgan fingerprint density at radius 3 is 2.36 bits per heavy atom. The maximum atomic E-state index is 13.6. The molecule has 6 heterocycles. The van der Waals surface area contributed by atoms with Crippen molar-refractivity contribution in [2.75, 3.05) is 38.5 Å². The summed E-state index contributed by atoms with van der Waals surface area (Å²) in [5, 5.41) is 48.4. The van der Waals surface area contributed by atoms with E-state index >= 15 is 0 Å². The average molecular weight is 821 g/mol. The lowest BCUT2D eigenvalue weighted by Crippen LogP contribution is -2.72. The third-order valence-electron chi connectivity index (χ3n) is 10.8. The van der Waals surface area contributed by atoms with E-state index in [0.717, 1.165) is 23.5 Å². The number of phenols is 2. The Balaban J connectivity index is 1.12. The van der Waals surface area contributed by atoms with Gasteiger partial charge in [-0.25, -0.2) is 14.6 Å². The number of oxime groups is 1. The quantitative estimate of drug-likeness (QED) is 0.0287. The van der Waals surface area contributed by atoms with Crippen molar-refractivity contribution in [2.24, 2.45) is 10.6 Å². The number of aromatic hydroxyl groups is 2. The normalized spacial score (nSPS) is 26.2. The largest absolute Gasteiger partial charge is 0.504 e. The maximum Gasteiger partial charge on any atom is 0.352 e. The van der Waals surface area contributed by atoms with Crippen molar-refractivity contribution < 1.29 is 58.5 Å². The van der Waals surface area contributed by atoms with Gasteiger partial charge in [-0.2, -0.15) is 0 Å². The Morgan fingerprint density at radius 2 is 1.78 bits per heavy atom. The molecule has 294 valence electrons. The molecule has 1 aromatic heterocycles. The van der Waals surface area contributed by atoms with Crippen LogP contribution >= 0.6 is 34.7 Å². The molecule has 21 heteroatoms. The molecule has 5 aliphatic heterocycles. The number of carboxylic acid groups (broad SMARTS) is 2. The summed E-state index contributed by atoms with van der Waals surface area (Å²) >= 11 is 8.33. The van der Waals surface area contributed by atoms with Crippen molar-refractivity contribution in [3.05, 3.63) is 45.1 Å². The van der Waals surface area contributed by atoms with Crippen molar-refractivity contribution in [1.29, 1.82) is 0 Å². The molecule has 7 rings (SSSR count). The number of nitrogens with two attached hydrogens (primary N) is 1. The number of halogens is 1. The van der Waals surface area contributed by atoms with Gasteiger partial charge in [0.05, 0.1) is 30.2 Å². The smallest absolute Gasteiger partial charge is 0.352 e. The highest BCUT2D eigenvalue weighted by atomic mass is 35.5. The van der Waals surface area contributed by atoms with Crippen LogP contribution in [-0.4, -0.2) is 131 Å². The third-order valence-corrected chi connectivity index (χ3v) is 13.3. The Morgan fingerprint density at radius 1 is 1.13 bits per heavy atom. The molecule has 2 aromatic rings. The molecule has 0 radical (unpaired) electrons. The molecule has 3 atom stereocenters. The highest BCUT2D eigenvalue weighted by Crippen LogP contribution is 2.48. The molecule has 55 heavy (non-hydrogen) atoms. The second-order valence-electron chi connectivity index (χ2n) is 14.7. The van der Waals surface area contributed by atoms with E-state index < -0.39 is 74.7 Å².